The molecule has 0 aromatic heterocycles. The first-order chi connectivity index (χ1) is 8.73. The van der Waals surface area contributed by atoms with E-state index in [0.717, 1.165) is 19.4 Å². The molecule has 2 amide bonds. The van der Waals surface area contributed by atoms with Gasteiger partial charge in [0, 0.05) is 0 Å². The minimum atomic E-state index is -0.423. The Morgan fingerprint density at radius 1 is 1.47 bits per heavy atom. The van der Waals surface area contributed by atoms with Gasteiger partial charge in [-0.15, -0.1) is 0 Å². The zero-order valence-corrected chi connectivity index (χ0v) is 12.1. The standard InChI is InChI=1S/C13H24N4O2/c1-8-10(12(19)17(14)13(2,3)4)16-7-5-6-9(16)11(18)15-8/h8-10H,5-7,14H2,1-4H3,(H,15,18)/t8-,9+,10-/m1/s1. The third-order valence-electron chi connectivity index (χ3n) is 4.01. The molecule has 2 rings (SSSR count). The van der Waals surface area contributed by atoms with Crippen molar-refractivity contribution in [1.82, 2.24) is 15.2 Å². The Morgan fingerprint density at radius 2 is 2.11 bits per heavy atom. The van der Waals surface area contributed by atoms with Gasteiger partial charge in [0.25, 0.3) is 5.91 Å². The van der Waals surface area contributed by atoms with E-state index in [1.165, 1.54) is 5.01 Å². The monoisotopic (exact) mass is 268 g/mol. The molecule has 3 N–H and O–H groups in total. The summed E-state index contributed by atoms with van der Waals surface area (Å²) in [4.78, 5) is 26.5. The normalized spacial score (nSPS) is 31.8. The lowest BCUT2D eigenvalue weighted by Crippen LogP contribution is -2.69. The van der Waals surface area contributed by atoms with Crippen molar-refractivity contribution in [3.8, 4) is 0 Å². The van der Waals surface area contributed by atoms with Crippen LogP contribution in [0.5, 0.6) is 0 Å². The predicted molar refractivity (Wildman–Crippen MR) is 71.9 cm³/mol. The van der Waals surface area contributed by atoms with E-state index in [4.69, 9.17) is 5.84 Å². The number of hydrogen-bond donors (Lipinski definition) is 2. The first-order valence-electron chi connectivity index (χ1n) is 6.88. The number of nitrogens with one attached hydrogen (secondary N) is 1. The van der Waals surface area contributed by atoms with E-state index in [-0.39, 0.29) is 29.9 Å². The Labute approximate surface area is 114 Å². The fourth-order valence-corrected chi connectivity index (χ4v) is 2.92. The molecule has 6 nitrogen and oxygen atoms in total. The molecule has 2 heterocycles. The van der Waals surface area contributed by atoms with E-state index in [0.29, 0.717) is 0 Å². The van der Waals surface area contributed by atoms with Crippen LogP contribution in [-0.4, -0.2) is 51.9 Å². The molecule has 0 bridgehead atoms. The molecule has 3 atom stereocenters. The number of nitrogens with two attached hydrogens (primary N) is 1. The Bertz CT molecular complexity index is 391. The van der Waals surface area contributed by atoms with Gasteiger partial charge < -0.3 is 5.32 Å². The summed E-state index contributed by atoms with van der Waals surface area (Å²) in [5, 5.41) is 4.20. The van der Waals surface area contributed by atoms with Gasteiger partial charge in [-0.05, 0) is 47.1 Å². The maximum absolute atomic E-state index is 12.6. The second-order valence-corrected chi connectivity index (χ2v) is 6.52. The molecular weight excluding hydrogens is 244 g/mol. The van der Waals surface area contributed by atoms with Crippen molar-refractivity contribution in [3.63, 3.8) is 0 Å². The molecule has 6 heteroatoms. The van der Waals surface area contributed by atoms with Crippen LogP contribution in [-0.2, 0) is 9.59 Å². The predicted octanol–water partition coefficient (Wildman–Crippen LogP) is -0.161. The average Bonchev–Trinajstić information content (AvgIpc) is 2.75. The summed E-state index contributed by atoms with van der Waals surface area (Å²) in [6.07, 6.45) is 1.77. The highest BCUT2D eigenvalue weighted by atomic mass is 16.2. The summed E-state index contributed by atoms with van der Waals surface area (Å²) in [6.45, 7) is 8.36. The third kappa shape index (κ3) is 2.47. The van der Waals surface area contributed by atoms with Crippen molar-refractivity contribution < 1.29 is 9.59 Å². The highest BCUT2D eigenvalue weighted by Gasteiger charge is 2.47. The fraction of sp³-hybridized carbons (Fsp3) is 0.846. The van der Waals surface area contributed by atoms with Crippen molar-refractivity contribution in [3.05, 3.63) is 0 Å². The van der Waals surface area contributed by atoms with Gasteiger partial charge in [0.2, 0.25) is 5.91 Å². The molecule has 0 radical (unpaired) electrons. The van der Waals surface area contributed by atoms with E-state index in [9.17, 15) is 9.59 Å². The summed E-state index contributed by atoms with van der Waals surface area (Å²) in [7, 11) is 0. The molecule has 0 unspecified atom stereocenters. The topological polar surface area (TPSA) is 78.7 Å². The SMILES string of the molecule is C[C@H]1NC(=O)[C@@H]2CCCN2[C@H]1C(=O)N(N)C(C)(C)C. The Kier molecular flexibility index (Phi) is 3.57. The van der Waals surface area contributed by atoms with Crippen molar-refractivity contribution in [2.24, 2.45) is 5.84 Å². The molecule has 2 aliphatic heterocycles. The number of carbonyl (C=O) groups excluding carboxylic acids is 2. The van der Waals surface area contributed by atoms with E-state index in [1.807, 2.05) is 32.6 Å². The zero-order valence-electron chi connectivity index (χ0n) is 12.1. The molecule has 0 aliphatic carbocycles. The Balaban J connectivity index is 2.22. The van der Waals surface area contributed by atoms with Crippen LogP contribution < -0.4 is 11.2 Å². The smallest absolute Gasteiger partial charge is 0.256 e. The molecule has 0 aromatic carbocycles. The lowest BCUT2D eigenvalue weighted by molar-refractivity contribution is -0.148. The number of piperazine rings is 1. The highest BCUT2D eigenvalue weighted by Crippen LogP contribution is 2.27. The number of carbonyl (C=O) groups is 2. The summed E-state index contributed by atoms with van der Waals surface area (Å²) in [5.74, 6) is 5.87. The van der Waals surface area contributed by atoms with E-state index in [1.54, 1.807) is 0 Å². The van der Waals surface area contributed by atoms with Crippen LogP contribution in [0.15, 0.2) is 0 Å². The molecule has 0 saturated carbocycles. The van der Waals surface area contributed by atoms with Crippen LogP contribution in [0.1, 0.15) is 40.5 Å². The molecule has 0 spiro atoms. The molecule has 2 fully saturated rings. The largest absolute Gasteiger partial charge is 0.350 e. The summed E-state index contributed by atoms with van der Waals surface area (Å²) in [5.41, 5.74) is -0.423. The summed E-state index contributed by atoms with van der Waals surface area (Å²) >= 11 is 0. The number of nitrogens with zero attached hydrogens (tertiary/aromatic N) is 2. The van der Waals surface area contributed by atoms with Crippen LogP contribution in [0.3, 0.4) is 0 Å². The number of fused-ring (bicyclic) bond motifs is 1. The van der Waals surface area contributed by atoms with Crippen LogP contribution in [0.2, 0.25) is 0 Å². The van der Waals surface area contributed by atoms with Gasteiger partial charge >= 0.3 is 0 Å². The molecule has 2 aliphatic rings. The molecule has 19 heavy (non-hydrogen) atoms. The minimum Gasteiger partial charge on any atom is -0.350 e. The number of amides is 2. The maximum atomic E-state index is 12.6. The van der Waals surface area contributed by atoms with Gasteiger partial charge in [-0.3, -0.25) is 19.5 Å². The quantitative estimate of drug-likeness (QED) is 0.393. The van der Waals surface area contributed by atoms with Crippen molar-refractivity contribution >= 4 is 11.8 Å². The second-order valence-electron chi connectivity index (χ2n) is 6.52. The van der Waals surface area contributed by atoms with E-state index in [2.05, 4.69) is 5.32 Å². The minimum absolute atomic E-state index is 0.0355. The lowest BCUT2D eigenvalue weighted by atomic mass is 9.98. The Morgan fingerprint density at radius 3 is 2.68 bits per heavy atom. The highest BCUT2D eigenvalue weighted by molar-refractivity contribution is 5.89. The van der Waals surface area contributed by atoms with Crippen LogP contribution in [0, 0.1) is 0 Å². The van der Waals surface area contributed by atoms with E-state index < -0.39 is 5.54 Å². The van der Waals surface area contributed by atoms with Gasteiger partial charge in [-0.2, -0.15) is 0 Å². The van der Waals surface area contributed by atoms with Gasteiger partial charge in [-0.1, -0.05) is 0 Å². The van der Waals surface area contributed by atoms with Crippen LogP contribution in [0.4, 0.5) is 0 Å². The average molecular weight is 268 g/mol. The maximum Gasteiger partial charge on any atom is 0.256 e. The van der Waals surface area contributed by atoms with Crippen LogP contribution >= 0.6 is 0 Å². The Hall–Kier alpha value is -1.14. The second kappa shape index (κ2) is 4.76. The van der Waals surface area contributed by atoms with Gasteiger partial charge in [-0.25, -0.2) is 5.84 Å². The van der Waals surface area contributed by atoms with Gasteiger partial charge in [0.15, 0.2) is 0 Å². The van der Waals surface area contributed by atoms with Gasteiger partial charge in [0.1, 0.15) is 6.04 Å². The molecular formula is C13H24N4O2. The van der Waals surface area contributed by atoms with Crippen molar-refractivity contribution in [2.45, 2.75) is 64.2 Å². The van der Waals surface area contributed by atoms with Gasteiger partial charge in [0.05, 0.1) is 17.6 Å². The third-order valence-corrected chi connectivity index (χ3v) is 4.01. The molecule has 2 saturated heterocycles. The van der Waals surface area contributed by atoms with E-state index >= 15 is 0 Å². The lowest BCUT2D eigenvalue weighted by Gasteiger charge is -2.44. The summed E-state index contributed by atoms with van der Waals surface area (Å²) in [6, 6.07) is -0.726. The first kappa shape index (κ1) is 14.3. The van der Waals surface area contributed by atoms with Crippen molar-refractivity contribution in [1.29, 1.82) is 0 Å². The zero-order chi connectivity index (χ0) is 14.4. The number of rotatable bonds is 1. The first-order valence-corrected chi connectivity index (χ1v) is 6.88. The molecule has 0 aromatic rings. The number of hydrogen-bond acceptors (Lipinski definition) is 4. The number of hydrazine groups is 1. The summed E-state index contributed by atoms with van der Waals surface area (Å²) < 4.78 is 0. The van der Waals surface area contributed by atoms with Crippen molar-refractivity contribution in [2.75, 3.05) is 6.54 Å². The molecule has 108 valence electrons. The fourth-order valence-electron chi connectivity index (χ4n) is 2.92. The van der Waals surface area contributed by atoms with Crippen LogP contribution in [0.25, 0.3) is 0 Å².